The predicted octanol–water partition coefficient (Wildman–Crippen LogP) is 7.08. The SMILES string of the molecule is CC(C)(C)C(NC(=O)c1cc2cc(C(F)(F)P(=O)(O)O)ccc2s1)C(=O)N1C[C@H](Oc2ccccc2)C[C@H]1C(=O)Nc1ncc(-c2ccccc2)s1. The van der Waals surface area contributed by atoms with Crippen LogP contribution in [-0.2, 0) is 19.8 Å². The fourth-order valence-corrected chi connectivity index (χ4v) is 8.10. The molecule has 5 aromatic rings. The van der Waals surface area contributed by atoms with Crippen molar-refractivity contribution in [1.29, 1.82) is 0 Å². The van der Waals surface area contributed by atoms with E-state index in [2.05, 4.69) is 15.6 Å². The Labute approximate surface area is 305 Å². The second kappa shape index (κ2) is 14.5. The van der Waals surface area contributed by atoms with Gasteiger partial charge in [0, 0.05) is 22.9 Å². The van der Waals surface area contributed by atoms with Crippen molar-refractivity contribution in [1.82, 2.24) is 15.2 Å². The summed E-state index contributed by atoms with van der Waals surface area (Å²) in [6.45, 7) is 5.35. The molecule has 3 aromatic carbocycles. The zero-order valence-corrected chi connectivity index (χ0v) is 30.7. The van der Waals surface area contributed by atoms with E-state index in [0.29, 0.717) is 15.6 Å². The topological polar surface area (TPSA) is 158 Å². The van der Waals surface area contributed by atoms with Crippen molar-refractivity contribution in [2.24, 2.45) is 5.41 Å². The average molecular weight is 769 g/mol. The molecule has 11 nitrogen and oxygen atoms in total. The van der Waals surface area contributed by atoms with Crippen LogP contribution in [-0.4, -0.2) is 62.1 Å². The molecule has 1 aliphatic rings. The van der Waals surface area contributed by atoms with Gasteiger partial charge in [0.15, 0.2) is 5.13 Å². The zero-order valence-electron chi connectivity index (χ0n) is 28.2. The number of fused-ring (bicyclic) bond motifs is 1. The van der Waals surface area contributed by atoms with Crippen LogP contribution < -0.4 is 15.4 Å². The van der Waals surface area contributed by atoms with Crippen LogP contribution >= 0.6 is 30.3 Å². The van der Waals surface area contributed by atoms with Gasteiger partial charge < -0.3 is 30.1 Å². The summed E-state index contributed by atoms with van der Waals surface area (Å²) in [5, 5.41) is 6.19. The molecule has 272 valence electrons. The maximum absolute atomic E-state index is 14.4. The van der Waals surface area contributed by atoms with Crippen LogP contribution in [0, 0.1) is 5.41 Å². The number of anilines is 1. The second-order valence-electron chi connectivity index (χ2n) is 13.4. The molecule has 0 spiro atoms. The fourth-order valence-electron chi connectivity index (χ4n) is 5.85. The van der Waals surface area contributed by atoms with Crippen LogP contribution in [0.15, 0.2) is 91.1 Å². The van der Waals surface area contributed by atoms with E-state index in [0.717, 1.165) is 33.9 Å². The van der Waals surface area contributed by atoms with Crippen LogP contribution in [0.1, 0.15) is 42.4 Å². The summed E-state index contributed by atoms with van der Waals surface area (Å²) >= 11 is 2.27. The normalized spacial score (nSPS) is 17.2. The smallest absolute Gasteiger partial charge is 0.399 e. The number of thiophene rings is 1. The van der Waals surface area contributed by atoms with E-state index in [1.54, 1.807) is 39.1 Å². The zero-order chi connectivity index (χ0) is 37.4. The molecule has 2 aromatic heterocycles. The van der Waals surface area contributed by atoms with Crippen molar-refractivity contribution in [3.8, 4) is 16.2 Å². The van der Waals surface area contributed by atoms with Crippen LogP contribution in [0.3, 0.4) is 0 Å². The number of thiazole rings is 1. The summed E-state index contributed by atoms with van der Waals surface area (Å²) in [5.41, 5.74) is -5.21. The van der Waals surface area contributed by atoms with Crippen molar-refractivity contribution >= 4 is 63.2 Å². The van der Waals surface area contributed by atoms with Crippen LogP contribution in [0.4, 0.5) is 13.9 Å². The second-order valence-corrected chi connectivity index (χ2v) is 17.2. The number of nitrogens with one attached hydrogen (secondary N) is 2. The highest BCUT2D eigenvalue weighted by atomic mass is 32.1. The molecule has 4 N–H and O–H groups in total. The molecule has 1 aliphatic heterocycles. The number of likely N-dealkylation sites (tertiary alicyclic amines) is 1. The molecule has 16 heteroatoms. The Kier molecular flexibility index (Phi) is 10.4. The highest BCUT2D eigenvalue weighted by Gasteiger charge is 2.50. The highest BCUT2D eigenvalue weighted by Crippen LogP contribution is 2.59. The standard InChI is InChI=1S/C36H35F2N4O7PS2/c1-35(2,3)30(40-32(44)28-17-22-16-23(14-15-27(22)51-28)36(37,38)50(46,47)48)33(45)42-20-25(49-24-12-8-5-9-13-24)18-26(42)31(43)41-34-39-19-29(52-34)21-10-6-4-7-11-21/h4-17,19,25-26,30H,18,20H2,1-3H3,(H,40,44)(H,39,41,43)(H2,46,47,48)/t25-,26+,30?/m1/s1. The van der Waals surface area contributed by atoms with Gasteiger partial charge in [0.1, 0.15) is 23.9 Å². The first-order valence-corrected chi connectivity index (χ1v) is 19.4. The Morgan fingerprint density at radius 2 is 1.65 bits per heavy atom. The van der Waals surface area contributed by atoms with E-state index in [9.17, 15) is 37.5 Å². The number of aromatic nitrogens is 1. The lowest BCUT2D eigenvalue weighted by atomic mass is 9.85. The molecule has 6 rings (SSSR count). The van der Waals surface area contributed by atoms with Crippen molar-refractivity contribution in [3.63, 3.8) is 0 Å². The van der Waals surface area contributed by atoms with Gasteiger partial charge in [0.2, 0.25) is 11.8 Å². The molecule has 3 atom stereocenters. The molecule has 0 saturated carbocycles. The van der Waals surface area contributed by atoms with E-state index in [1.807, 2.05) is 48.5 Å². The first-order chi connectivity index (χ1) is 24.5. The quantitative estimate of drug-likeness (QED) is 0.110. The minimum absolute atomic E-state index is 0.0564. The molecule has 3 heterocycles. The average Bonchev–Trinajstić information content (AvgIpc) is 3.85. The molecule has 0 radical (unpaired) electrons. The highest BCUT2D eigenvalue weighted by molar-refractivity contribution is 7.52. The summed E-state index contributed by atoms with van der Waals surface area (Å²) < 4.78 is 46.8. The van der Waals surface area contributed by atoms with Crippen molar-refractivity contribution in [3.05, 3.63) is 102 Å². The number of alkyl halides is 2. The van der Waals surface area contributed by atoms with Gasteiger partial charge in [-0.3, -0.25) is 18.9 Å². The predicted molar refractivity (Wildman–Crippen MR) is 196 cm³/mol. The lowest BCUT2D eigenvalue weighted by Crippen LogP contribution is -2.57. The Balaban J connectivity index is 1.24. The lowest BCUT2D eigenvalue weighted by molar-refractivity contribution is -0.140. The Morgan fingerprint density at radius 3 is 2.31 bits per heavy atom. The van der Waals surface area contributed by atoms with Gasteiger partial charge in [-0.05, 0) is 46.7 Å². The van der Waals surface area contributed by atoms with Gasteiger partial charge in [-0.25, -0.2) is 4.98 Å². The van der Waals surface area contributed by atoms with Crippen molar-refractivity contribution in [2.75, 3.05) is 11.9 Å². The summed E-state index contributed by atoms with van der Waals surface area (Å²) in [4.78, 5) is 67.0. The molecular weight excluding hydrogens is 734 g/mol. The molecule has 1 saturated heterocycles. The number of amides is 3. The van der Waals surface area contributed by atoms with Crippen molar-refractivity contribution < 1.29 is 42.3 Å². The van der Waals surface area contributed by atoms with Crippen LogP contribution in [0.2, 0.25) is 0 Å². The third-order valence-electron chi connectivity index (χ3n) is 8.53. The van der Waals surface area contributed by atoms with Gasteiger partial charge >= 0.3 is 13.3 Å². The molecule has 52 heavy (non-hydrogen) atoms. The largest absolute Gasteiger partial charge is 0.488 e. The van der Waals surface area contributed by atoms with Gasteiger partial charge in [0.05, 0.1) is 16.3 Å². The lowest BCUT2D eigenvalue weighted by Gasteiger charge is -2.35. The maximum Gasteiger partial charge on any atom is 0.399 e. The minimum atomic E-state index is -5.80. The number of nitrogens with zero attached hydrogens (tertiary/aromatic N) is 2. The molecule has 0 aliphatic carbocycles. The molecular formula is C36H35F2N4O7PS2. The molecule has 3 amide bonds. The van der Waals surface area contributed by atoms with Crippen LogP contribution in [0.5, 0.6) is 5.75 Å². The van der Waals surface area contributed by atoms with E-state index in [-0.39, 0.29) is 23.2 Å². The molecule has 1 fully saturated rings. The van der Waals surface area contributed by atoms with Gasteiger partial charge in [0.25, 0.3) is 5.91 Å². The van der Waals surface area contributed by atoms with E-state index in [4.69, 9.17) is 4.74 Å². The number of hydrogen-bond acceptors (Lipinski definition) is 8. The number of hydrogen-bond donors (Lipinski definition) is 4. The minimum Gasteiger partial charge on any atom is -0.488 e. The van der Waals surface area contributed by atoms with E-state index in [1.165, 1.54) is 28.4 Å². The van der Waals surface area contributed by atoms with E-state index >= 15 is 0 Å². The number of halogens is 2. The summed E-state index contributed by atoms with van der Waals surface area (Å²) in [6, 6.07) is 20.9. The number of rotatable bonds is 10. The van der Waals surface area contributed by atoms with Crippen LogP contribution in [0.25, 0.3) is 20.5 Å². The number of carbonyl (C=O) groups excluding carboxylic acids is 3. The Bertz CT molecular complexity index is 2150. The van der Waals surface area contributed by atoms with Gasteiger partial charge in [-0.2, -0.15) is 8.78 Å². The van der Waals surface area contributed by atoms with Gasteiger partial charge in [-0.1, -0.05) is 86.7 Å². The first kappa shape index (κ1) is 37.2. The monoisotopic (exact) mass is 768 g/mol. The summed E-state index contributed by atoms with van der Waals surface area (Å²) in [6.07, 6.45) is 1.29. The third-order valence-corrected chi connectivity index (χ3v) is 11.6. The Hall–Kier alpha value is -4.53. The van der Waals surface area contributed by atoms with Crippen molar-refractivity contribution in [2.45, 2.75) is 51.0 Å². The van der Waals surface area contributed by atoms with E-state index < -0.39 is 60.1 Å². The third kappa shape index (κ3) is 7.93. The van der Waals surface area contributed by atoms with Gasteiger partial charge in [-0.15, -0.1) is 11.3 Å². The molecule has 1 unspecified atom stereocenters. The maximum atomic E-state index is 14.4. The molecule has 0 bridgehead atoms. The number of carbonyl (C=O) groups is 3. The Morgan fingerprint density at radius 1 is 0.981 bits per heavy atom. The summed E-state index contributed by atoms with van der Waals surface area (Å²) in [7, 11) is -5.80. The number of benzene rings is 3. The fraction of sp³-hybridized carbons (Fsp3) is 0.278. The first-order valence-electron chi connectivity index (χ1n) is 16.1. The number of para-hydroxylation sites is 1. The summed E-state index contributed by atoms with van der Waals surface area (Å²) in [5.74, 6) is -1.08. The number of ether oxygens (including phenoxy) is 1.